The van der Waals surface area contributed by atoms with Crippen molar-refractivity contribution in [2.75, 3.05) is 19.7 Å². The molecule has 0 radical (unpaired) electrons. The number of primary amides is 1. The van der Waals surface area contributed by atoms with Crippen molar-refractivity contribution < 1.29 is 43.8 Å². The first-order chi connectivity index (χ1) is 24.6. The summed E-state index contributed by atoms with van der Waals surface area (Å²) in [4.78, 5) is 93.3. The van der Waals surface area contributed by atoms with Crippen molar-refractivity contribution in [3.05, 3.63) is 35.9 Å². The molecule has 0 aliphatic carbocycles. The molecule has 1 saturated heterocycles. The van der Waals surface area contributed by atoms with Crippen LogP contribution in [0, 0.1) is 5.92 Å². The zero-order chi connectivity index (χ0) is 38.8. The van der Waals surface area contributed by atoms with E-state index in [1.165, 1.54) is 0 Å². The molecule has 19 nitrogen and oxygen atoms in total. The van der Waals surface area contributed by atoms with Crippen molar-refractivity contribution in [3.8, 4) is 0 Å². The third kappa shape index (κ3) is 14.9. The molecule has 6 atom stereocenters. The summed E-state index contributed by atoms with van der Waals surface area (Å²) in [5, 5.41) is 35.2. The summed E-state index contributed by atoms with van der Waals surface area (Å²) in [6.45, 7) is 3.01. The lowest BCUT2D eigenvalue weighted by Gasteiger charge is -2.27. The molecule has 1 aliphatic rings. The maximum Gasteiger partial charge on any atom is 0.326 e. The van der Waals surface area contributed by atoms with E-state index in [2.05, 4.69) is 36.9 Å². The molecular formula is C33H52N10O9. The van der Waals surface area contributed by atoms with E-state index < -0.39 is 84.3 Å². The first-order valence-electron chi connectivity index (χ1n) is 17.1. The topological polar surface area (TPSA) is 323 Å². The highest BCUT2D eigenvalue weighted by molar-refractivity contribution is 5.96. The Morgan fingerprint density at radius 2 is 1.44 bits per heavy atom. The Morgan fingerprint density at radius 3 is 2.00 bits per heavy atom. The number of carboxylic acid groups (broad SMARTS) is 1. The lowest BCUT2D eigenvalue weighted by atomic mass is 10.0. The summed E-state index contributed by atoms with van der Waals surface area (Å²) >= 11 is 0. The Balaban J connectivity index is 2.24. The number of rotatable bonds is 22. The predicted octanol–water partition coefficient (Wildman–Crippen LogP) is -3.54. The van der Waals surface area contributed by atoms with Crippen LogP contribution in [0.4, 0.5) is 0 Å². The summed E-state index contributed by atoms with van der Waals surface area (Å²) < 4.78 is 0. The summed E-state index contributed by atoms with van der Waals surface area (Å²) in [7, 11) is 0. The predicted molar refractivity (Wildman–Crippen MR) is 189 cm³/mol. The monoisotopic (exact) mass is 732 g/mol. The van der Waals surface area contributed by atoms with Crippen molar-refractivity contribution in [2.45, 2.75) is 95.0 Å². The standard InChI is InChI=1S/C33H52N10O9/c1-18(2)26(31(50)40-22(32(51)52)12-13-25(34)45)43-30(49)24(17-44)42-28(47)21(11-7-15-38-33(35)36)39-29(48)23(16-19-8-4-3-5-9-19)41-27(46)20-10-6-14-37-20/h3-5,8-9,18,20-24,26,37,44H,6-7,10-17H2,1-2H3,(H2,34,45)(H,39,48)(H,40,50)(H,41,46)(H,42,47)(H,43,49)(H,51,52)(H4,35,36,38)/t20-,21-,22-,23-,24-,26-/m0/s1. The number of amides is 6. The van der Waals surface area contributed by atoms with Crippen molar-refractivity contribution in [2.24, 2.45) is 28.1 Å². The molecule has 0 bridgehead atoms. The number of hydrogen-bond acceptors (Lipinski definition) is 10. The number of aliphatic hydroxyl groups is 1. The van der Waals surface area contributed by atoms with Gasteiger partial charge in [0.25, 0.3) is 0 Å². The van der Waals surface area contributed by atoms with Gasteiger partial charge in [0, 0.05) is 19.4 Å². The minimum absolute atomic E-state index is 0.0107. The maximum atomic E-state index is 13.7. The molecule has 0 saturated carbocycles. The number of aliphatic imine (C=N–C) groups is 1. The second-order valence-corrected chi connectivity index (χ2v) is 12.8. The highest BCUT2D eigenvalue weighted by atomic mass is 16.4. The molecule has 1 fully saturated rings. The van der Waals surface area contributed by atoms with Crippen molar-refractivity contribution in [1.82, 2.24) is 31.9 Å². The fraction of sp³-hybridized carbons (Fsp3) is 0.576. The number of nitrogens with two attached hydrogens (primary N) is 3. The first kappa shape index (κ1) is 42.9. The molecule has 0 spiro atoms. The van der Waals surface area contributed by atoms with Crippen LogP contribution in [0.2, 0.25) is 0 Å². The van der Waals surface area contributed by atoms with Crippen LogP contribution in [-0.4, -0.2) is 114 Å². The molecule has 1 aromatic rings. The van der Waals surface area contributed by atoms with E-state index in [1.54, 1.807) is 44.2 Å². The Morgan fingerprint density at radius 1 is 0.827 bits per heavy atom. The number of carbonyl (C=O) groups is 7. The third-order valence-electron chi connectivity index (χ3n) is 8.23. The number of benzene rings is 1. The van der Waals surface area contributed by atoms with Crippen LogP contribution in [0.5, 0.6) is 0 Å². The summed E-state index contributed by atoms with van der Waals surface area (Å²) in [6.07, 6.45) is 1.12. The largest absolute Gasteiger partial charge is 0.480 e. The Hall–Kier alpha value is -5.30. The van der Waals surface area contributed by atoms with Gasteiger partial charge >= 0.3 is 5.97 Å². The van der Waals surface area contributed by atoms with E-state index in [4.69, 9.17) is 17.2 Å². The number of guanidine groups is 1. The molecule has 0 unspecified atom stereocenters. The summed E-state index contributed by atoms with van der Waals surface area (Å²) in [5.41, 5.74) is 16.7. The molecule has 1 heterocycles. The van der Waals surface area contributed by atoms with E-state index >= 15 is 0 Å². The molecule has 6 amide bonds. The van der Waals surface area contributed by atoms with Gasteiger partial charge < -0.3 is 59.3 Å². The van der Waals surface area contributed by atoms with Crippen LogP contribution in [0.25, 0.3) is 0 Å². The Kier molecular flexibility index (Phi) is 18.0. The number of carboxylic acids is 1. The Bertz CT molecular complexity index is 1420. The van der Waals surface area contributed by atoms with Gasteiger partial charge in [0.05, 0.1) is 12.6 Å². The van der Waals surface area contributed by atoms with Crippen LogP contribution in [0.15, 0.2) is 35.3 Å². The number of nitrogens with one attached hydrogen (secondary N) is 6. The van der Waals surface area contributed by atoms with Crippen molar-refractivity contribution in [3.63, 3.8) is 0 Å². The zero-order valence-electron chi connectivity index (χ0n) is 29.4. The summed E-state index contributed by atoms with van der Waals surface area (Å²) in [6, 6.07) is 1.74. The van der Waals surface area contributed by atoms with Gasteiger partial charge in [-0.05, 0) is 50.1 Å². The van der Waals surface area contributed by atoms with E-state index in [0.29, 0.717) is 13.0 Å². The van der Waals surface area contributed by atoms with Crippen molar-refractivity contribution >= 4 is 47.4 Å². The molecule has 52 heavy (non-hydrogen) atoms. The Labute approximate surface area is 301 Å². The molecule has 2 rings (SSSR count). The number of aliphatic carboxylic acids is 1. The second-order valence-electron chi connectivity index (χ2n) is 12.8. The fourth-order valence-electron chi connectivity index (χ4n) is 5.35. The molecule has 1 aromatic carbocycles. The lowest BCUT2D eigenvalue weighted by Crippen LogP contribution is -2.60. The molecule has 0 aromatic heterocycles. The minimum Gasteiger partial charge on any atom is -0.480 e. The highest BCUT2D eigenvalue weighted by Crippen LogP contribution is 2.10. The maximum absolute atomic E-state index is 13.7. The van der Waals surface area contributed by atoms with Gasteiger partial charge in [-0.3, -0.25) is 33.8 Å². The average molecular weight is 733 g/mol. The fourth-order valence-corrected chi connectivity index (χ4v) is 5.35. The van der Waals surface area contributed by atoms with Crippen LogP contribution >= 0.6 is 0 Å². The van der Waals surface area contributed by atoms with Gasteiger partial charge in [-0.25, -0.2) is 4.79 Å². The SMILES string of the molecule is CC(C)[C@H](NC(=O)[C@H](CO)NC(=O)[C@H](CCCN=C(N)N)NC(=O)[C@H](Cc1ccccc1)NC(=O)[C@@H]1CCCN1)C(=O)N[C@@H](CCC(N)=O)C(=O)O. The van der Waals surface area contributed by atoms with E-state index in [0.717, 1.165) is 12.0 Å². The smallest absolute Gasteiger partial charge is 0.326 e. The van der Waals surface area contributed by atoms with Gasteiger partial charge in [-0.15, -0.1) is 0 Å². The van der Waals surface area contributed by atoms with Crippen LogP contribution < -0.4 is 49.1 Å². The van der Waals surface area contributed by atoms with Gasteiger partial charge in [-0.2, -0.15) is 0 Å². The highest BCUT2D eigenvalue weighted by Gasteiger charge is 2.34. The van der Waals surface area contributed by atoms with E-state index in [1.807, 2.05) is 0 Å². The number of carbonyl (C=O) groups excluding carboxylic acids is 6. The summed E-state index contributed by atoms with van der Waals surface area (Å²) in [5.74, 6) is -6.71. The van der Waals surface area contributed by atoms with E-state index in [-0.39, 0.29) is 50.5 Å². The van der Waals surface area contributed by atoms with Gasteiger partial charge in [-0.1, -0.05) is 44.2 Å². The molecule has 288 valence electrons. The normalized spacial score (nSPS) is 16.7. The third-order valence-corrected chi connectivity index (χ3v) is 8.23. The minimum atomic E-state index is -1.60. The molecule has 19 heteroatoms. The quantitative estimate of drug-likeness (QED) is 0.0314. The second kappa shape index (κ2) is 21.8. The average Bonchev–Trinajstić information content (AvgIpc) is 3.64. The first-order valence-corrected chi connectivity index (χ1v) is 17.1. The van der Waals surface area contributed by atoms with Crippen molar-refractivity contribution in [1.29, 1.82) is 0 Å². The van der Waals surface area contributed by atoms with Gasteiger partial charge in [0.2, 0.25) is 35.4 Å². The van der Waals surface area contributed by atoms with Crippen LogP contribution in [0.3, 0.4) is 0 Å². The molecular weight excluding hydrogens is 680 g/mol. The number of nitrogens with zero attached hydrogens (tertiary/aromatic N) is 1. The lowest BCUT2D eigenvalue weighted by molar-refractivity contribution is -0.143. The molecule has 1 aliphatic heterocycles. The molecule has 14 N–H and O–H groups in total. The zero-order valence-corrected chi connectivity index (χ0v) is 29.4. The van der Waals surface area contributed by atoms with Crippen LogP contribution in [0.1, 0.15) is 57.9 Å². The number of hydrogen-bond donors (Lipinski definition) is 11. The number of aliphatic hydroxyl groups excluding tert-OH is 1. The van der Waals surface area contributed by atoms with E-state index in [9.17, 15) is 43.8 Å². The van der Waals surface area contributed by atoms with Crippen LogP contribution in [-0.2, 0) is 40.0 Å². The van der Waals surface area contributed by atoms with Gasteiger partial charge in [0.15, 0.2) is 5.96 Å². The van der Waals surface area contributed by atoms with Gasteiger partial charge in [0.1, 0.15) is 30.2 Å².